The fraction of sp³-hybridized carbons (Fsp3) is 0.278. The molecule has 0 aromatic heterocycles. The first-order valence-corrected chi connectivity index (χ1v) is 6.92. The molecule has 0 fully saturated rings. The molecule has 0 bridgehead atoms. The van der Waals surface area contributed by atoms with Crippen LogP contribution < -0.4 is 4.74 Å². The fourth-order valence-electron chi connectivity index (χ4n) is 2.48. The maximum Gasteiger partial charge on any atom is 0.335 e. The summed E-state index contributed by atoms with van der Waals surface area (Å²) in [7, 11) is 0. The van der Waals surface area contributed by atoms with Gasteiger partial charge >= 0.3 is 5.97 Å². The molecular weight excluding hydrogens is 264 g/mol. The molecule has 0 atom stereocenters. The van der Waals surface area contributed by atoms with Crippen molar-refractivity contribution >= 4 is 5.97 Å². The van der Waals surface area contributed by atoms with Gasteiger partial charge in [-0.05, 0) is 62.1 Å². The van der Waals surface area contributed by atoms with Crippen LogP contribution >= 0.6 is 0 Å². The number of ether oxygens (including phenoxy) is 1. The van der Waals surface area contributed by atoms with Gasteiger partial charge in [-0.15, -0.1) is 0 Å². The second-order valence-electron chi connectivity index (χ2n) is 5.45. The van der Waals surface area contributed by atoms with E-state index in [2.05, 4.69) is 32.9 Å². The summed E-state index contributed by atoms with van der Waals surface area (Å²) in [6.45, 7) is 8.57. The number of carboxylic acids is 1. The zero-order chi connectivity index (χ0) is 15.6. The number of aryl methyl sites for hydroxylation is 4. The highest BCUT2D eigenvalue weighted by Gasteiger charge is 2.09. The Balaban J connectivity index is 2.24. The smallest absolute Gasteiger partial charge is 0.335 e. The summed E-state index contributed by atoms with van der Waals surface area (Å²) >= 11 is 0. The molecule has 0 radical (unpaired) electrons. The molecule has 3 nitrogen and oxygen atoms in total. The summed E-state index contributed by atoms with van der Waals surface area (Å²) in [5.41, 5.74) is 5.95. The van der Waals surface area contributed by atoms with Crippen molar-refractivity contribution in [3.63, 3.8) is 0 Å². The SMILES string of the molecule is Cc1cc(C)c(COc2cc(C(=O)O)ccc2C)c(C)c1. The van der Waals surface area contributed by atoms with Crippen LogP contribution in [0.1, 0.15) is 38.2 Å². The van der Waals surface area contributed by atoms with Gasteiger partial charge < -0.3 is 9.84 Å². The van der Waals surface area contributed by atoms with Crippen molar-refractivity contribution < 1.29 is 14.6 Å². The Morgan fingerprint density at radius 1 is 1.00 bits per heavy atom. The maximum atomic E-state index is 11.0. The van der Waals surface area contributed by atoms with Crippen LogP contribution in [0, 0.1) is 27.7 Å². The van der Waals surface area contributed by atoms with Crippen LogP contribution in [-0.2, 0) is 6.61 Å². The van der Waals surface area contributed by atoms with E-state index in [1.165, 1.54) is 16.7 Å². The first kappa shape index (κ1) is 15.1. The molecule has 0 saturated heterocycles. The molecular formula is C18H20O3. The lowest BCUT2D eigenvalue weighted by Gasteiger charge is -2.14. The molecule has 21 heavy (non-hydrogen) atoms. The van der Waals surface area contributed by atoms with Crippen LogP contribution in [0.4, 0.5) is 0 Å². The van der Waals surface area contributed by atoms with Crippen molar-refractivity contribution in [2.24, 2.45) is 0 Å². The molecule has 0 amide bonds. The predicted octanol–water partition coefficient (Wildman–Crippen LogP) is 4.20. The number of benzene rings is 2. The van der Waals surface area contributed by atoms with Gasteiger partial charge in [0.25, 0.3) is 0 Å². The van der Waals surface area contributed by atoms with Gasteiger partial charge in [-0.25, -0.2) is 4.79 Å². The van der Waals surface area contributed by atoms with Crippen molar-refractivity contribution in [1.82, 2.24) is 0 Å². The number of hydrogen-bond donors (Lipinski definition) is 1. The predicted molar refractivity (Wildman–Crippen MR) is 83.1 cm³/mol. The Morgan fingerprint density at radius 2 is 1.62 bits per heavy atom. The lowest BCUT2D eigenvalue weighted by molar-refractivity contribution is 0.0696. The number of carboxylic acid groups (broad SMARTS) is 1. The molecule has 0 unspecified atom stereocenters. The van der Waals surface area contributed by atoms with Crippen LogP contribution in [0.15, 0.2) is 30.3 Å². The normalized spacial score (nSPS) is 10.5. The zero-order valence-corrected chi connectivity index (χ0v) is 12.9. The average Bonchev–Trinajstić information content (AvgIpc) is 2.39. The van der Waals surface area contributed by atoms with Gasteiger partial charge in [-0.3, -0.25) is 0 Å². The number of carbonyl (C=O) groups is 1. The summed E-state index contributed by atoms with van der Waals surface area (Å²) in [6.07, 6.45) is 0. The quantitative estimate of drug-likeness (QED) is 0.915. The number of hydrogen-bond acceptors (Lipinski definition) is 2. The van der Waals surface area contributed by atoms with Gasteiger partial charge in [0, 0.05) is 0 Å². The maximum absolute atomic E-state index is 11.0. The van der Waals surface area contributed by atoms with E-state index in [1.54, 1.807) is 18.2 Å². The Kier molecular flexibility index (Phi) is 4.32. The second kappa shape index (κ2) is 6.00. The summed E-state index contributed by atoms with van der Waals surface area (Å²) in [6, 6.07) is 9.20. The average molecular weight is 284 g/mol. The Labute approximate surface area is 125 Å². The van der Waals surface area contributed by atoms with Crippen molar-refractivity contribution in [3.8, 4) is 5.75 Å². The highest BCUT2D eigenvalue weighted by Crippen LogP contribution is 2.23. The van der Waals surface area contributed by atoms with Gasteiger partial charge in [0.1, 0.15) is 12.4 Å². The molecule has 110 valence electrons. The van der Waals surface area contributed by atoms with Crippen LogP contribution in [0.5, 0.6) is 5.75 Å². The topological polar surface area (TPSA) is 46.5 Å². The number of rotatable bonds is 4. The first-order valence-electron chi connectivity index (χ1n) is 6.92. The fourth-order valence-corrected chi connectivity index (χ4v) is 2.48. The monoisotopic (exact) mass is 284 g/mol. The van der Waals surface area contributed by atoms with Crippen LogP contribution in [0.2, 0.25) is 0 Å². The molecule has 1 N–H and O–H groups in total. The van der Waals surface area contributed by atoms with Crippen molar-refractivity contribution in [2.75, 3.05) is 0 Å². The molecule has 0 saturated carbocycles. The molecule has 0 aliphatic rings. The van der Waals surface area contributed by atoms with Crippen LogP contribution in [0.25, 0.3) is 0 Å². The van der Waals surface area contributed by atoms with Gasteiger partial charge in [0.2, 0.25) is 0 Å². The third-order valence-corrected chi connectivity index (χ3v) is 3.65. The number of aromatic carboxylic acids is 1. The van der Waals surface area contributed by atoms with Gasteiger partial charge in [0.15, 0.2) is 0 Å². The zero-order valence-electron chi connectivity index (χ0n) is 12.9. The minimum atomic E-state index is -0.942. The van der Waals surface area contributed by atoms with E-state index in [4.69, 9.17) is 9.84 Å². The van der Waals surface area contributed by atoms with E-state index in [0.29, 0.717) is 12.4 Å². The van der Waals surface area contributed by atoms with Gasteiger partial charge in [-0.2, -0.15) is 0 Å². The first-order chi connectivity index (χ1) is 9.88. The van der Waals surface area contributed by atoms with E-state index >= 15 is 0 Å². The highest BCUT2D eigenvalue weighted by atomic mass is 16.5. The molecule has 0 spiro atoms. The molecule has 0 heterocycles. The second-order valence-corrected chi connectivity index (χ2v) is 5.45. The molecule has 2 aromatic rings. The minimum absolute atomic E-state index is 0.243. The van der Waals surface area contributed by atoms with Crippen LogP contribution in [0.3, 0.4) is 0 Å². The van der Waals surface area contributed by atoms with Gasteiger partial charge in [0.05, 0.1) is 5.56 Å². The highest BCUT2D eigenvalue weighted by molar-refractivity contribution is 5.88. The van der Waals surface area contributed by atoms with Crippen molar-refractivity contribution in [2.45, 2.75) is 34.3 Å². The molecule has 2 aromatic carbocycles. The van der Waals surface area contributed by atoms with E-state index in [-0.39, 0.29) is 5.56 Å². The molecule has 2 rings (SSSR count). The van der Waals surface area contributed by atoms with Crippen molar-refractivity contribution in [1.29, 1.82) is 0 Å². The Hall–Kier alpha value is -2.29. The Bertz CT molecular complexity index is 664. The van der Waals surface area contributed by atoms with Crippen molar-refractivity contribution in [3.05, 3.63) is 63.7 Å². The Morgan fingerprint density at radius 3 is 2.19 bits per heavy atom. The third kappa shape index (κ3) is 3.43. The molecule has 0 aliphatic heterocycles. The largest absolute Gasteiger partial charge is 0.489 e. The molecule has 3 heteroatoms. The van der Waals surface area contributed by atoms with E-state index in [1.807, 2.05) is 6.92 Å². The summed E-state index contributed by atoms with van der Waals surface area (Å²) in [5, 5.41) is 9.05. The van der Waals surface area contributed by atoms with Crippen LogP contribution in [-0.4, -0.2) is 11.1 Å². The van der Waals surface area contributed by atoms with E-state index < -0.39 is 5.97 Å². The lowest BCUT2D eigenvalue weighted by atomic mass is 10.0. The summed E-state index contributed by atoms with van der Waals surface area (Å²) in [4.78, 5) is 11.0. The van der Waals surface area contributed by atoms with E-state index in [9.17, 15) is 4.79 Å². The summed E-state index contributed by atoms with van der Waals surface area (Å²) < 4.78 is 5.85. The third-order valence-electron chi connectivity index (χ3n) is 3.65. The van der Waals surface area contributed by atoms with Gasteiger partial charge in [-0.1, -0.05) is 23.8 Å². The minimum Gasteiger partial charge on any atom is -0.489 e. The standard InChI is InChI=1S/C18H20O3/c1-11-7-13(3)16(14(4)8-11)10-21-17-9-15(18(19)20)6-5-12(17)2/h5-9H,10H2,1-4H3,(H,19,20). The summed E-state index contributed by atoms with van der Waals surface area (Å²) in [5.74, 6) is -0.322. The van der Waals surface area contributed by atoms with E-state index in [0.717, 1.165) is 11.1 Å². The lowest BCUT2D eigenvalue weighted by Crippen LogP contribution is -2.04. The molecule has 0 aliphatic carbocycles.